The smallest absolute Gasteiger partial charge is 0.247 e. The molecular weight excluding hydrogens is 240 g/mol. The molecule has 102 valence electrons. The van der Waals surface area contributed by atoms with E-state index in [-0.39, 0.29) is 5.91 Å². The van der Waals surface area contributed by atoms with Gasteiger partial charge in [-0.3, -0.25) is 4.79 Å². The van der Waals surface area contributed by atoms with Crippen molar-refractivity contribution in [1.29, 1.82) is 0 Å². The number of benzene rings is 1. The van der Waals surface area contributed by atoms with Crippen LogP contribution < -0.4 is 15.4 Å². The van der Waals surface area contributed by atoms with Crippen LogP contribution in [0.5, 0.6) is 5.75 Å². The average Bonchev–Trinajstić information content (AvgIpc) is 2.42. The molecule has 1 aliphatic carbocycles. The molecule has 2 aliphatic rings. The number of methoxy groups -OCH3 is 1. The Kier molecular flexibility index (Phi) is 2.97. The van der Waals surface area contributed by atoms with Crippen molar-refractivity contribution in [2.45, 2.75) is 37.6 Å². The molecule has 0 radical (unpaired) electrons. The zero-order chi connectivity index (χ0) is 13.5. The van der Waals surface area contributed by atoms with E-state index in [1.54, 1.807) is 7.11 Å². The van der Waals surface area contributed by atoms with Crippen LogP contribution in [0.3, 0.4) is 0 Å². The summed E-state index contributed by atoms with van der Waals surface area (Å²) >= 11 is 0. The van der Waals surface area contributed by atoms with Crippen molar-refractivity contribution in [3.63, 3.8) is 0 Å². The lowest BCUT2D eigenvalue weighted by Gasteiger charge is -2.42. The Balaban J connectivity index is 1.92. The highest BCUT2D eigenvalue weighted by Gasteiger charge is 2.43. The third-order valence-corrected chi connectivity index (χ3v) is 4.32. The first-order valence-corrected chi connectivity index (χ1v) is 6.92. The molecule has 1 heterocycles. The van der Waals surface area contributed by atoms with Crippen molar-refractivity contribution in [2.24, 2.45) is 5.73 Å². The van der Waals surface area contributed by atoms with Crippen LogP contribution in [0, 0.1) is 0 Å². The summed E-state index contributed by atoms with van der Waals surface area (Å²) in [5.41, 5.74) is 7.75. The predicted octanol–water partition coefficient (Wildman–Crippen LogP) is 1.86. The van der Waals surface area contributed by atoms with E-state index < -0.39 is 5.54 Å². The normalized spacial score (nSPS) is 20.4. The largest absolute Gasteiger partial charge is 0.497 e. The lowest BCUT2D eigenvalue weighted by molar-refractivity contribution is -0.126. The number of ether oxygens (including phenoxy) is 1. The highest BCUT2D eigenvalue weighted by Crippen LogP contribution is 2.36. The molecule has 0 atom stereocenters. The predicted molar refractivity (Wildman–Crippen MR) is 74.4 cm³/mol. The van der Waals surface area contributed by atoms with Gasteiger partial charge in [-0.2, -0.15) is 0 Å². The molecule has 0 aromatic heterocycles. The zero-order valence-electron chi connectivity index (χ0n) is 11.3. The monoisotopic (exact) mass is 260 g/mol. The first kappa shape index (κ1) is 12.5. The topological polar surface area (TPSA) is 55.6 Å². The fourth-order valence-corrected chi connectivity index (χ4v) is 2.95. The summed E-state index contributed by atoms with van der Waals surface area (Å²) in [4.78, 5) is 14.5. The van der Waals surface area contributed by atoms with Gasteiger partial charge in [-0.05, 0) is 55.9 Å². The van der Waals surface area contributed by atoms with Crippen LogP contribution in [0.4, 0.5) is 5.69 Å². The fourth-order valence-electron chi connectivity index (χ4n) is 2.95. The number of carbonyl (C=O) groups is 1. The molecule has 1 aliphatic heterocycles. The van der Waals surface area contributed by atoms with Crippen LogP contribution in [0.2, 0.25) is 0 Å². The Hall–Kier alpha value is -1.55. The molecule has 4 nitrogen and oxygen atoms in total. The summed E-state index contributed by atoms with van der Waals surface area (Å²) < 4.78 is 5.25. The maximum Gasteiger partial charge on any atom is 0.247 e. The SMILES string of the molecule is COc1ccc2c(c1)CCCN2C(=O)C1(N)CCC1. The highest BCUT2D eigenvalue weighted by molar-refractivity contribution is 6.01. The number of anilines is 1. The number of carbonyl (C=O) groups excluding carboxylic acids is 1. The van der Waals surface area contributed by atoms with Crippen LogP contribution in [-0.2, 0) is 11.2 Å². The first-order valence-electron chi connectivity index (χ1n) is 6.92. The van der Waals surface area contributed by atoms with Crippen molar-refractivity contribution in [3.8, 4) is 5.75 Å². The van der Waals surface area contributed by atoms with Gasteiger partial charge in [-0.15, -0.1) is 0 Å². The summed E-state index contributed by atoms with van der Waals surface area (Å²) in [6, 6.07) is 5.92. The van der Waals surface area contributed by atoms with E-state index in [0.29, 0.717) is 0 Å². The van der Waals surface area contributed by atoms with Crippen LogP contribution in [0.25, 0.3) is 0 Å². The van der Waals surface area contributed by atoms with Gasteiger partial charge in [-0.25, -0.2) is 0 Å². The maximum atomic E-state index is 12.6. The Morgan fingerprint density at radius 1 is 1.37 bits per heavy atom. The molecular formula is C15H20N2O2. The summed E-state index contributed by atoms with van der Waals surface area (Å²) in [5.74, 6) is 0.934. The molecule has 19 heavy (non-hydrogen) atoms. The van der Waals surface area contributed by atoms with Gasteiger partial charge in [0.25, 0.3) is 0 Å². The lowest BCUT2D eigenvalue weighted by atomic mass is 9.76. The Morgan fingerprint density at radius 2 is 2.16 bits per heavy atom. The third kappa shape index (κ3) is 2.00. The van der Waals surface area contributed by atoms with Crippen LogP contribution in [0.1, 0.15) is 31.2 Å². The number of hydrogen-bond acceptors (Lipinski definition) is 3. The molecule has 1 aromatic carbocycles. The number of fused-ring (bicyclic) bond motifs is 1. The number of rotatable bonds is 2. The molecule has 1 saturated carbocycles. The van der Waals surface area contributed by atoms with Crippen molar-refractivity contribution >= 4 is 11.6 Å². The van der Waals surface area contributed by atoms with E-state index >= 15 is 0 Å². The maximum absolute atomic E-state index is 12.6. The van der Waals surface area contributed by atoms with Gasteiger partial charge in [0.15, 0.2) is 0 Å². The Bertz CT molecular complexity index is 509. The van der Waals surface area contributed by atoms with Gasteiger partial charge in [-0.1, -0.05) is 0 Å². The zero-order valence-corrected chi connectivity index (χ0v) is 11.3. The fraction of sp³-hybridized carbons (Fsp3) is 0.533. The van der Waals surface area contributed by atoms with Gasteiger partial charge >= 0.3 is 0 Å². The number of nitrogens with zero attached hydrogens (tertiary/aromatic N) is 1. The number of nitrogens with two attached hydrogens (primary N) is 1. The highest BCUT2D eigenvalue weighted by atomic mass is 16.5. The number of amides is 1. The van der Waals surface area contributed by atoms with Crippen molar-refractivity contribution < 1.29 is 9.53 Å². The molecule has 0 unspecified atom stereocenters. The van der Waals surface area contributed by atoms with E-state index in [1.165, 1.54) is 5.56 Å². The number of aryl methyl sites for hydroxylation is 1. The van der Waals surface area contributed by atoms with Gasteiger partial charge in [0.2, 0.25) is 5.91 Å². The summed E-state index contributed by atoms with van der Waals surface area (Å²) in [6.07, 6.45) is 4.67. The molecule has 1 amide bonds. The summed E-state index contributed by atoms with van der Waals surface area (Å²) in [6.45, 7) is 0.775. The minimum absolute atomic E-state index is 0.0878. The average molecular weight is 260 g/mol. The number of hydrogen-bond donors (Lipinski definition) is 1. The molecule has 1 fully saturated rings. The second-order valence-corrected chi connectivity index (χ2v) is 5.56. The quantitative estimate of drug-likeness (QED) is 0.883. The van der Waals surface area contributed by atoms with Gasteiger partial charge in [0.05, 0.1) is 12.6 Å². The van der Waals surface area contributed by atoms with Gasteiger partial charge < -0.3 is 15.4 Å². The van der Waals surface area contributed by atoms with Crippen LogP contribution in [0.15, 0.2) is 18.2 Å². The van der Waals surface area contributed by atoms with Gasteiger partial charge in [0, 0.05) is 12.2 Å². The van der Waals surface area contributed by atoms with Crippen molar-refractivity contribution in [2.75, 3.05) is 18.6 Å². The van der Waals surface area contributed by atoms with E-state index in [1.807, 2.05) is 23.1 Å². The molecule has 2 N–H and O–H groups in total. The van der Waals surface area contributed by atoms with Crippen molar-refractivity contribution in [3.05, 3.63) is 23.8 Å². The first-order chi connectivity index (χ1) is 9.14. The van der Waals surface area contributed by atoms with E-state index in [2.05, 4.69) is 0 Å². The van der Waals surface area contributed by atoms with E-state index in [0.717, 1.165) is 50.1 Å². The van der Waals surface area contributed by atoms with Crippen LogP contribution >= 0.6 is 0 Å². The second-order valence-electron chi connectivity index (χ2n) is 5.56. The van der Waals surface area contributed by atoms with Crippen LogP contribution in [-0.4, -0.2) is 25.1 Å². The van der Waals surface area contributed by atoms with Gasteiger partial charge in [0.1, 0.15) is 5.75 Å². The summed E-state index contributed by atoms with van der Waals surface area (Å²) in [7, 11) is 1.66. The molecule has 0 bridgehead atoms. The molecule has 3 rings (SSSR count). The second kappa shape index (κ2) is 4.53. The lowest BCUT2D eigenvalue weighted by Crippen LogP contribution is -2.60. The molecule has 0 spiro atoms. The Morgan fingerprint density at radius 3 is 2.79 bits per heavy atom. The standard InChI is InChI=1S/C15H20N2O2/c1-19-12-5-6-13-11(10-12)4-2-9-17(13)14(18)15(16)7-3-8-15/h5-6,10H,2-4,7-9,16H2,1H3. The minimum atomic E-state index is -0.617. The van der Waals surface area contributed by atoms with E-state index in [9.17, 15) is 4.79 Å². The molecule has 1 aromatic rings. The third-order valence-electron chi connectivity index (χ3n) is 4.32. The minimum Gasteiger partial charge on any atom is -0.497 e. The molecule has 0 saturated heterocycles. The molecule has 4 heteroatoms. The Labute approximate surface area is 113 Å². The summed E-state index contributed by atoms with van der Waals surface area (Å²) in [5, 5.41) is 0. The van der Waals surface area contributed by atoms with E-state index in [4.69, 9.17) is 10.5 Å². The van der Waals surface area contributed by atoms with Crippen molar-refractivity contribution in [1.82, 2.24) is 0 Å².